The number of hydrogen-bond acceptors (Lipinski definition) is 3. The van der Waals surface area contributed by atoms with Gasteiger partial charge in [0.1, 0.15) is 5.82 Å². The summed E-state index contributed by atoms with van der Waals surface area (Å²) in [7, 11) is 2.00. The minimum Gasteiger partial charge on any atom is -0.478 e. The zero-order valence-electron chi connectivity index (χ0n) is 15.1. The van der Waals surface area contributed by atoms with Crippen molar-refractivity contribution < 1.29 is 14.7 Å². The van der Waals surface area contributed by atoms with Crippen LogP contribution < -0.4 is 0 Å². The number of benzene rings is 2. The molecule has 1 aliphatic heterocycles. The second-order valence-corrected chi connectivity index (χ2v) is 6.94. The van der Waals surface area contributed by atoms with E-state index in [1.807, 2.05) is 36.2 Å². The molecule has 27 heavy (non-hydrogen) atoms. The molecule has 2 aromatic carbocycles. The largest absolute Gasteiger partial charge is 0.478 e. The predicted octanol–water partition coefficient (Wildman–Crippen LogP) is 3.18. The van der Waals surface area contributed by atoms with Crippen molar-refractivity contribution in [3.63, 3.8) is 0 Å². The van der Waals surface area contributed by atoms with Crippen molar-refractivity contribution in [3.8, 4) is 0 Å². The normalized spacial score (nSPS) is 16.8. The van der Waals surface area contributed by atoms with Crippen LogP contribution in [0.15, 0.2) is 48.5 Å². The van der Waals surface area contributed by atoms with Gasteiger partial charge in [0.25, 0.3) is 0 Å². The van der Waals surface area contributed by atoms with Gasteiger partial charge in [0, 0.05) is 13.6 Å². The molecule has 1 amide bonds. The Morgan fingerprint density at radius 3 is 2.59 bits per heavy atom. The molecule has 1 aliphatic rings. The van der Waals surface area contributed by atoms with Crippen molar-refractivity contribution >= 4 is 22.9 Å². The molecule has 0 radical (unpaired) electrons. The van der Waals surface area contributed by atoms with Crippen LogP contribution in [0.5, 0.6) is 0 Å². The number of amides is 1. The molecular weight excluding hydrogens is 342 g/mol. The highest BCUT2D eigenvalue weighted by molar-refractivity contribution is 5.88. The molecule has 4 rings (SSSR count). The van der Waals surface area contributed by atoms with Crippen LogP contribution in [0.2, 0.25) is 0 Å². The number of aromatic carboxylic acids is 1. The van der Waals surface area contributed by atoms with E-state index in [1.54, 1.807) is 12.1 Å². The van der Waals surface area contributed by atoms with E-state index < -0.39 is 5.97 Å². The maximum absolute atomic E-state index is 12.9. The third-order valence-corrected chi connectivity index (χ3v) is 5.25. The Bertz CT molecular complexity index is 1010. The number of carboxylic acids is 1. The highest BCUT2D eigenvalue weighted by Gasteiger charge is 2.33. The molecule has 1 aromatic heterocycles. The fraction of sp³-hybridized carbons (Fsp3) is 0.286. The SMILES string of the molecule is Cn1c(C2CCCN2C(=O)Cc2ccc(C(=O)O)cc2)nc2ccccc21. The van der Waals surface area contributed by atoms with Crippen molar-refractivity contribution in [2.24, 2.45) is 7.05 Å². The fourth-order valence-electron chi connectivity index (χ4n) is 3.84. The van der Waals surface area contributed by atoms with E-state index in [0.717, 1.165) is 41.8 Å². The van der Waals surface area contributed by atoms with Crippen molar-refractivity contribution in [1.82, 2.24) is 14.5 Å². The Hall–Kier alpha value is -3.15. The van der Waals surface area contributed by atoms with E-state index in [2.05, 4.69) is 4.57 Å². The molecule has 6 nitrogen and oxygen atoms in total. The summed E-state index contributed by atoms with van der Waals surface area (Å²) in [5.74, 6) is 0.00485. The summed E-state index contributed by atoms with van der Waals surface area (Å²) in [4.78, 5) is 30.6. The highest BCUT2D eigenvalue weighted by atomic mass is 16.4. The number of carbonyl (C=O) groups excluding carboxylic acids is 1. The van der Waals surface area contributed by atoms with E-state index in [-0.39, 0.29) is 23.9 Å². The number of fused-ring (bicyclic) bond motifs is 1. The zero-order valence-corrected chi connectivity index (χ0v) is 15.1. The summed E-state index contributed by atoms with van der Waals surface area (Å²) in [6.07, 6.45) is 2.12. The number of para-hydroxylation sites is 2. The number of aryl methyl sites for hydroxylation is 1. The van der Waals surface area contributed by atoms with Gasteiger partial charge in [0.15, 0.2) is 0 Å². The Morgan fingerprint density at radius 2 is 1.89 bits per heavy atom. The number of nitrogens with zero attached hydrogens (tertiary/aromatic N) is 3. The lowest BCUT2D eigenvalue weighted by atomic mass is 10.1. The van der Waals surface area contributed by atoms with Crippen molar-refractivity contribution in [2.45, 2.75) is 25.3 Å². The lowest BCUT2D eigenvalue weighted by Gasteiger charge is -2.24. The van der Waals surface area contributed by atoms with Gasteiger partial charge < -0.3 is 14.6 Å². The maximum atomic E-state index is 12.9. The standard InChI is InChI=1S/C21H21N3O3/c1-23-17-6-3-2-5-16(17)22-20(23)18-7-4-12-24(18)19(25)13-14-8-10-15(11-9-14)21(26)27/h2-3,5-6,8-11,18H,4,7,12-13H2,1H3,(H,26,27). The molecule has 3 aromatic rings. The van der Waals surface area contributed by atoms with Gasteiger partial charge in [-0.2, -0.15) is 0 Å². The van der Waals surface area contributed by atoms with Crippen molar-refractivity contribution in [2.75, 3.05) is 6.54 Å². The Kier molecular flexibility index (Phi) is 4.39. The summed E-state index contributed by atoms with van der Waals surface area (Å²) in [6.45, 7) is 0.722. The molecule has 0 spiro atoms. The predicted molar refractivity (Wildman–Crippen MR) is 102 cm³/mol. The second-order valence-electron chi connectivity index (χ2n) is 6.94. The van der Waals surface area contributed by atoms with Gasteiger partial charge in [-0.05, 0) is 42.7 Å². The van der Waals surface area contributed by atoms with Crippen molar-refractivity contribution in [3.05, 3.63) is 65.5 Å². The second kappa shape index (κ2) is 6.87. The molecule has 2 heterocycles. The minimum absolute atomic E-state index is 0.0202. The summed E-state index contributed by atoms with van der Waals surface area (Å²) in [5.41, 5.74) is 3.06. The number of likely N-dealkylation sites (tertiary alicyclic amines) is 1. The maximum Gasteiger partial charge on any atom is 0.335 e. The first-order valence-corrected chi connectivity index (χ1v) is 9.07. The Labute approximate surface area is 157 Å². The van der Waals surface area contributed by atoms with Crippen LogP contribution in [0, 0.1) is 0 Å². The smallest absolute Gasteiger partial charge is 0.335 e. The van der Waals surface area contributed by atoms with Crippen LogP contribution in [0.4, 0.5) is 0 Å². The molecule has 1 unspecified atom stereocenters. The Morgan fingerprint density at radius 1 is 1.15 bits per heavy atom. The van der Waals surface area contributed by atoms with Gasteiger partial charge in [-0.15, -0.1) is 0 Å². The fourth-order valence-corrected chi connectivity index (χ4v) is 3.84. The molecule has 6 heteroatoms. The van der Waals surface area contributed by atoms with Gasteiger partial charge in [-0.25, -0.2) is 9.78 Å². The van der Waals surface area contributed by atoms with E-state index in [0.29, 0.717) is 0 Å². The van der Waals surface area contributed by atoms with Gasteiger partial charge >= 0.3 is 5.97 Å². The number of aromatic nitrogens is 2. The quantitative estimate of drug-likeness (QED) is 0.772. The van der Waals surface area contributed by atoms with E-state index >= 15 is 0 Å². The van der Waals surface area contributed by atoms with E-state index in [9.17, 15) is 9.59 Å². The number of carbonyl (C=O) groups is 2. The van der Waals surface area contributed by atoms with Gasteiger partial charge in [-0.1, -0.05) is 24.3 Å². The van der Waals surface area contributed by atoms with Gasteiger partial charge in [0.05, 0.1) is 29.1 Å². The number of rotatable bonds is 4. The van der Waals surface area contributed by atoms with Crippen LogP contribution in [-0.2, 0) is 18.3 Å². The molecule has 0 saturated carbocycles. The first kappa shape index (κ1) is 17.3. The minimum atomic E-state index is -0.964. The van der Waals surface area contributed by atoms with Crippen LogP contribution in [0.3, 0.4) is 0 Å². The van der Waals surface area contributed by atoms with Crippen LogP contribution in [0.1, 0.15) is 40.6 Å². The van der Waals surface area contributed by atoms with Gasteiger partial charge in [0.2, 0.25) is 5.91 Å². The topological polar surface area (TPSA) is 75.4 Å². The monoisotopic (exact) mass is 363 g/mol. The lowest BCUT2D eigenvalue weighted by Crippen LogP contribution is -2.33. The summed E-state index contributed by atoms with van der Waals surface area (Å²) >= 11 is 0. The number of imidazole rings is 1. The first-order chi connectivity index (χ1) is 13.0. The average molecular weight is 363 g/mol. The number of carboxylic acid groups (broad SMARTS) is 1. The third kappa shape index (κ3) is 3.18. The summed E-state index contributed by atoms with van der Waals surface area (Å²) < 4.78 is 2.08. The third-order valence-electron chi connectivity index (χ3n) is 5.25. The molecule has 1 N–H and O–H groups in total. The van der Waals surface area contributed by atoms with Crippen molar-refractivity contribution in [1.29, 1.82) is 0 Å². The molecule has 0 aliphatic carbocycles. The molecule has 1 saturated heterocycles. The van der Waals surface area contributed by atoms with Crippen LogP contribution in [0.25, 0.3) is 11.0 Å². The molecular formula is C21H21N3O3. The highest BCUT2D eigenvalue weighted by Crippen LogP contribution is 2.33. The van der Waals surface area contributed by atoms with E-state index in [1.165, 1.54) is 12.1 Å². The molecule has 1 fully saturated rings. The van der Waals surface area contributed by atoms with Gasteiger partial charge in [-0.3, -0.25) is 4.79 Å². The molecule has 1 atom stereocenters. The molecule has 138 valence electrons. The summed E-state index contributed by atoms with van der Waals surface area (Å²) in [5, 5.41) is 8.99. The van der Waals surface area contributed by atoms with Crippen LogP contribution in [-0.4, -0.2) is 38.0 Å². The van der Waals surface area contributed by atoms with Crippen LogP contribution >= 0.6 is 0 Å². The zero-order chi connectivity index (χ0) is 19.0. The first-order valence-electron chi connectivity index (χ1n) is 9.07. The summed E-state index contributed by atoms with van der Waals surface area (Å²) in [6, 6.07) is 14.5. The number of hydrogen-bond donors (Lipinski definition) is 1. The van der Waals surface area contributed by atoms with E-state index in [4.69, 9.17) is 10.1 Å². The molecule has 0 bridgehead atoms. The Balaban J connectivity index is 1.56. The lowest BCUT2D eigenvalue weighted by molar-refractivity contribution is -0.131. The average Bonchev–Trinajstić information content (AvgIpc) is 3.27.